The van der Waals surface area contributed by atoms with Gasteiger partial charge in [0.05, 0.1) is 5.56 Å². The topological polar surface area (TPSA) is 18.5 Å². The Labute approximate surface area is 214 Å². The summed E-state index contributed by atoms with van der Waals surface area (Å²) >= 11 is 0. The zero-order valence-corrected chi connectivity index (χ0v) is 20.0. The normalized spacial score (nSPS) is 11.5. The standard InChI is InChI=1S/C29H21F7O2/c1-2-3-17-4-6-18(7-5-17)16-37-25-13-12-22(26(32)28(25)34)19-8-10-20(11-9-19)29(35,36)38-21-14-23(30)27(33)24(31)15-21/h4-15H,2-3,16H2,1H3. The van der Waals surface area contributed by atoms with E-state index < -0.39 is 46.5 Å². The van der Waals surface area contributed by atoms with Crippen molar-refractivity contribution in [2.75, 3.05) is 0 Å². The number of halogens is 7. The Morgan fingerprint density at radius 3 is 1.89 bits per heavy atom. The van der Waals surface area contributed by atoms with Crippen molar-refractivity contribution in [1.29, 1.82) is 0 Å². The predicted molar refractivity (Wildman–Crippen MR) is 127 cm³/mol. The Morgan fingerprint density at radius 2 is 1.29 bits per heavy atom. The third-order valence-electron chi connectivity index (χ3n) is 5.74. The average Bonchev–Trinajstić information content (AvgIpc) is 2.89. The van der Waals surface area contributed by atoms with Gasteiger partial charge >= 0.3 is 6.11 Å². The average molecular weight is 534 g/mol. The predicted octanol–water partition coefficient (Wildman–Crippen LogP) is 8.71. The Morgan fingerprint density at radius 1 is 0.684 bits per heavy atom. The van der Waals surface area contributed by atoms with E-state index in [1.54, 1.807) is 0 Å². The second kappa shape index (κ2) is 11.2. The SMILES string of the molecule is CCCc1ccc(COc2ccc(-c3ccc(C(F)(F)Oc4cc(F)c(F)c(F)c4)cc3)c(F)c2F)cc1. The highest BCUT2D eigenvalue weighted by Gasteiger charge is 2.35. The van der Waals surface area contributed by atoms with Gasteiger partial charge in [0.1, 0.15) is 12.4 Å². The molecule has 0 aliphatic rings. The summed E-state index contributed by atoms with van der Waals surface area (Å²) in [5, 5.41) is 0. The lowest BCUT2D eigenvalue weighted by atomic mass is 10.0. The van der Waals surface area contributed by atoms with Crippen LogP contribution in [0.1, 0.15) is 30.0 Å². The fourth-order valence-electron chi connectivity index (χ4n) is 3.76. The van der Waals surface area contributed by atoms with Crippen molar-refractivity contribution in [2.24, 2.45) is 0 Å². The first-order chi connectivity index (χ1) is 18.1. The van der Waals surface area contributed by atoms with Gasteiger partial charge in [0.25, 0.3) is 0 Å². The van der Waals surface area contributed by atoms with Gasteiger partial charge in [-0.15, -0.1) is 0 Å². The summed E-state index contributed by atoms with van der Waals surface area (Å²) in [7, 11) is 0. The van der Waals surface area contributed by atoms with Crippen molar-refractivity contribution in [3.8, 4) is 22.6 Å². The number of benzene rings is 4. The van der Waals surface area contributed by atoms with E-state index in [2.05, 4.69) is 11.7 Å². The van der Waals surface area contributed by atoms with Gasteiger partial charge in [-0.05, 0) is 47.4 Å². The third kappa shape index (κ3) is 5.93. The largest absolute Gasteiger partial charge is 0.486 e. The van der Waals surface area contributed by atoms with E-state index in [-0.39, 0.29) is 35.6 Å². The second-order valence-electron chi connectivity index (χ2n) is 8.49. The lowest BCUT2D eigenvalue weighted by Gasteiger charge is -2.19. The van der Waals surface area contributed by atoms with Crippen LogP contribution in [0.25, 0.3) is 11.1 Å². The van der Waals surface area contributed by atoms with Crippen LogP contribution in [0.3, 0.4) is 0 Å². The summed E-state index contributed by atoms with van der Waals surface area (Å²) in [6.45, 7) is 2.09. The molecule has 4 aromatic rings. The number of hydrogen-bond donors (Lipinski definition) is 0. The van der Waals surface area contributed by atoms with Crippen LogP contribution in [0.2, 0.25) is 0 Å². The van der Waals surface area contributed by atoms with E-state index in [9.17, 15) is 30.7 Å². The molecule has 198 valence electrons. The molecular weight excluding hydrogens is 513 g/mol. The first-order valence-corrected chi connectivity index (χ1v) is 11.6. The van der Waals surface area contributed by atoms with Crippen molar-refractivity contribution >= 4 is 0 Å². The van der Waals surface area contributed by atoms with Crippen LogP contribution in [-0.4, -0.2) is 0 Å². The van der Waals surface area contributed by atoms with Crippen molar-refractivity contribution in [3.05, 3.63) is 119 Å². The summed E-state index contributed by atoms with van der Waals surface area (Å²) in [6.07, 6.45) is -2.13. The lowest BCUT2D eigenvalue weighted by molar-refractivity contribution is -0.185. The van der Waals surface area contributed by atoms with Gasteiger partial charge in [-0.1, -0.05) is 49.7 Å². The minimum Gasteiger partial charge on any atom is -0.486 e. The summed E-state index contributed by atoms with van der Waals surface area (Å²) in [5.41, 5.74) is 1.08. The Balaban J connectivity index is 1.48. The molecular formula is C29H21F7O2. The van der Waals surface area contributed by atoms with Crippen LogP contribution >= 0.6 is 0 Å². The smallest absolute Gasteiger partial charge is 0.426 e. The molecule has 0 saturated heterocycles. The molecule has 4 rings (SSSR count). The Kier molecular flexibility index (Phi) is 7.94. The van der Waals surface area contributed by atoms with Crippen LogP contribution in [-0.2, 0) is 19.1 Å². The summed E-state index contributed by atoms with van der Waals surface area (Å²) in [5.74, 6) is -8.91. The van der Waals surface area contributed by atoms with Gasteiger partial charge in [-0.3, -0.25) is 0 Å². The molecule has 0 atom stereocenters. The molecule has 0 bridgehead atoms. The van der Waals surface area contributed by atoms with Gasteiger partial charge < -0.3 is 9.47 Å². The van der Waals surface area contributed by atoms with E-state index in [0.29, 0.717) is 0 Å². The van der Waals surface area contributed by atoms with Crippen molar-refractivity contribution in [2.45, 2.75) is 32.5 Å². The zero-order valence-electron chi connectivity index (χ0n) is 20.0. The summed E-state index contributed by atoms with van der Waals surface area (Å²) in [4.78, 5) is 0. The van der Waals surface area contributed by atoms with Crippen molar-refractivity contribution in [1.82, 2.24) is 0 Å². The number of aryl methyl sites for hydroxylation is 1. The molecule has 0 heterocycles. The minimum absolute atomic E-state index is 0.0216. The lowest BCUT2D eigenvalue weighted by Crippen LogP contribution is -2.22. The maximum atomic E-state index is 14.8. The highest BCUT2D eigenvalue weighted by atomic mass is 19.3. The molecule has 9 heteroatoms. The maximum Gasteiger partial charge on any atom is 0.426 e. The zero-order chi connectivity index (χ0) is 27.4. The molecule has 0 aliphatic carbocycles. The molecule has 0 saturated carbocycles. The highest BCUT2D eigenvalue weighted by Crippen LogP contribution is 2.35. The molecule has 0 amide bonds. The molecule has 0 unspecified atom stereocenters. The molecule has 0 aliphatic heterocycles. The molecule has 0 spiro atoms. The van der Waals surface area contributed by atoms with Gasteiger partial charge in [0.2, 0.25) is 5.82 Å². The fraction of sp³-hybridized carbons (Fsp3) is 0.172. The number of rotatable bonds is 9. The number of alkyl halides is 2. The number of ether oxygens (including phenoxy) is 2. The van der Waals surface area contributed by atoms with Crippen molar-refractivity contribution in [3.63, 3.8) is 0 Å². The second-order valence-corrected chi connectivity index (χ2v) is 8.49. The molecule has 0 aromatic heterocycles. The quantitative estimate of drug-likeness (QED) is 0.158. The van der Waals surface area contributed by atoms with E-state index in [0.717, 1.165) is 48.2 Å². The van der Waals surface area contributed by atoms with Gasteiger partial charge in [-0.2, -0.15) is 13.2 Å². The van der Waals surface area contributed by atoms with Crippen LogP contribution in [0.5, 0.6) is 11.5 Å². The molecule has 0 radical (unpaired) electrons. The van der Waals surface area contributed by atoms with Crippen LogP contribution in [0, 0.1) is 29.1 Å². The first-order valence-electron chi connectivity index (χ1n) is 11.6. The molecule has 2 nitrogen and oxygen atoms in total. The van der Waals surface area contributed by atoms with Crippen LogP contribution in [0.4, 0.5) is 30.7 Å². The number of hydrogen-bond acceptors (Lipinski definition) is 2. The minimum atomic E-state index is -4.06. The van der Waals surface area contributed by atoms with E-state index in [4.69, 9.17) is 4.74 Å². The molecule has 4 aromatic carbocycles. The van der Waals surface area contributed by atoms with E-state index >= 15 is 0 Å². The first kappa shape index (κ1) is 27.0. The molecule has 38 heavy (non-hydrogen) atoms. The Hall–Kier alpha value is -4.01. The third-order valence-corrected chi connectivity index (χ3v) is 5.74. The Bertz CT molecular complexity index is 1400. The highest BCUT2D eigenvalue weighted by molar-refractivity contribution is 5.65. The fourth-order valence-corrected chi connectivity index (χ4v) is 3.76. The van der Waals surface area contributed by atoms with Gasteiger partial charge in [0.15, 0.2) is 29.0 Å². The molecule has 0 fully saturated rings. The summed E-state index contributed by atoms with van der Waals surface area (Å²) in [6, 6.07) is 14.6. The van der Waals surface area contributed by atoms with Crippen molar-refractivity contribution < 1.29 is 40.2 Å². The summed E-state index contributed by atoms with van der Waals surface area (Å²) < 4.78 is 108. The van der Waals surface area contributed by atoms with Gasteiger partial charge in [0, 0.05) is 17.7 Å². The maximum absolute atomic E-state index is 14.8. The molecule has 0 N–H and O–H groups in total. The van der Waals surface area contributed by atoms with E-state index in [1.807, 2.05) is 24.3 Å². The monoisotopic (exact) mass is 534 g/mol. The van der Waals surface area contributed by atoms with Gasteiger partial charge in [-0.25, -0.2) is 17.6 Å². The van der Waals surface area contributed by atoms with E-state index in [1.165, 1.54) is 12.1 Å². The van der Waals surface area contributed by atoms with Crippen LogP contribution < -0.4 is 9.47 Å². The van der Waals surface area contributed by atoms with Crippen LogP contribution in [0.15, 0.2) is 72.8 Å².